The maximum atomic E-state index is 9.00. The second kappa shape index (κ2) is 5.07. The number of aliphatic hydroxyl groups is 1. The summed E-state index contributed by atoms with van der Waals surface area (Å²) < 4.78 is 0. The predicted molar refractivity (Wildman–Crippen MR) is 60.6 cm³/mol. The number of nitrogens with zero attached hydrogens (tertiary/aromatic N) is 2. The molecule has 2 N–H and O–H groups in total. The van der Waals surface area contributed by atoms with Gasteiger partial charge in [-0.3, -0.25) is 4.98 Å². The van der Waals surface area contributed by atoms with E-state index in [0.29, 0.717) is 6.42 Å². The largest absolute Gasteiger partial charge is 0.396 e. The van der Waals surface area contributed by atoms with Gasteiger partial charge in [0.05, 0.1) is 6.20 Å². The Morgan fingerprint density at radius 3 is 2.60 bits per heavy atom. The van der Waals surface area contributed by atoms with Crippen molar-refractivity contribution in [3.63, 3.8) is 0 Å². The van der Waals surface area contributed by atoms with Crippen LogP contribution in [-0.2, 0) is 0 Å². The SMILES string of the molecule is CC(C)(C)C(CCO)Nc1cnccn1. The lowest BCUT2D eigenvalue weighted by Crippen LogP contribution is -2.35. The summed E-state index contributed by atoms with van der Waals surface area (Å²) in [6.45, 7) is 6.58. The van der Waals surface area contributed by atoms with Crippen molar-refractivity contribution < 1.29 is 5.11 Å². The molecule has 0 aliphatic carbocycles. The maximum Gasteiger partial charge on any atom is 0.144 e. The molecule has 4 nitrogen and oxygen atoms in total. The van der Waals surface area contributed by atoms with Gasteiger partial charge in [0.1, 0.15) is 5.82 Å². The standard InChI is InChI=1S/C11H19N3O/c1-11(2,3)9(4-7-15)14-10-8-12-5-6-13-10/h5-6,8-9,15H,4,7H2,1-3H3,(H,13,14). The van der Waals surface area contributed by atoms with Crippen LogP contribution in [0.25, 0.3) is 0 Å². The number of hydrogen-bond donors (Lipinski definition) is 2. The van der Waals surface area contributed by atoms with E-state index >= 15 is 0 Å². The molecular weight excluding hydrogens is 190 g/mol. The lowest BCUT2D eigenvalue weighted by atomic mass is 9.85. The Morgan fingerprint density at radius 1 is 1.40 bits per heavy atom. The fourth-order valence-corrected chi connectivity index (χ4v) is 1.40. The minimum absolute atomic E-state index is 0.0836. The van der Waals surface area contributed by atoms with E-state index in [-0.39, 0.29) is 18.1 Å². The molecule has 0 fully saturated rings. The van der Waals surface area contributed by atoms with Crippen molar-refractivity contribution in [3.05, 3.63) is 18.6 Å². The van der Waals surface area contributed by atoms with Gasteiger partial charge in [0.25, 0.3) is 0 Å². The van der Waals surface area contributed by atoms with Crippen LogP contribution in [0.4, 0.5) is 5.82 Å². The molecule has 0 radical (unpaired) electrons. The van der Waals surface area contributed by atoms with Crippen LogP contribution in [0, 0.1) is 5.41 Å². The van der Waals surface area contributed by atoms with Crippen LogP contribution in [-0.4, -0.2) is 27.7 Å². The third kappa shape index (κ3) is 3.83. The number of hydrogen-bond acceptors (Lipinski definition) is 4. The molecule has 1 aromatic rings. The van der Waals surface area contributed by atoms with Gasteiger partial charge in [0, 0.05) is 25.0 Å². The second-order valence-electron chi connectivity index (χ2n) is 4.67. The quantitative estimate of drug-likeness (QED) is 0.792. The van der Waals surface area contributed by atoms with Gasteiger partial charge in [0.2, 0.25) is 0 Å². The fraction of sp³-hybridized carbons (Fsp3) is 0.636. The average molecular weight is 209 g/mol. The monoisotopic (exact) mass is 209 g/mol. The van der Waals surface area contributed by atoms with Crippen molar-refractivity contribution in [1.29, 1.82) is 0 Å². The van der Waals surface area contributed by atoms with Gasteiger partial charge in [-0.2, -0.15) is 0 Å². The molecule has 0 bridgehead atoms. The number of anilines is 1. The van der Waals surface area contributed by atoms with Crippen molar-refractivity contribution in [2.75, 3.05) is 11.9 Å². The molecule has 1 aromatic heterocycles. The summed E-state index contributed by atoms with van der Waals surface area (Å²) in [4.78, 5) is 8.15. The van der Waals surface area contributed by atoms with Gasteiger partial charge in [-0.1, -0.05) is 20.8 Å². The van der Waals surface area contributed by atoms with Gasteiger partial charge < -0.3 is 10.4 Å². The molecule has 1 heterocycles. The molecule has 0 saturated heterocycles. The van der Waals surface area contributed by atoms with Crippen molar-refractivity contribution in [3.8, 4) is 0 Å². The summed E-state index contributed by atoms with van der Waals surface area (Å²) in [6.07, 6.45) is 5.69. The first-order chi connectivity index (χ1) is 7.04. The molecule has 84 valence electrons. The number of nitrogens with one attached hydrogen (secondary N) is 1. The van der Waals surface area contributed by atoms with E-state index in [1.165, 1.54) is 0 Å². The number of aromatic nitrogens is 2. The first-order valence-electron chi connectivity index (χ1n) is 5.17. The zero-order chi connectivity index (χ0) is 11.3. The molecule has 0 aliphatic heterocycles. The maximum absolute atomic E-state index is 9.00. The molecule has 1 unspecified atom stereocenters. The second-order valence-corrected chi connectivity index (χ2v) is 4.67. The molecule has 0 amide bonds. The Labute approximate surface area is 90.8 Å². The van der Waals surface area contributed by atoms with E-state index < -0.39 is 0 Å². The van der Waals surface area contributed by atoms with E-state index in [2.05, 4.69) is 36.1 Å². The minimum atomic E-state index is 0.0836. The summed E-state index contributed by atoms with van der Waals surface area (Å²) >= 11 is 0. The Bertz CT molecular complexity index is 282. The van der Waals surface area contributed by atoms with Gasteiger partial charge in [-0.05, 0) is 11.8 Å². The zero-order valence-electron chi connectivity index (χ0n) is 9.57. The van der Waals surface area contributed by atoms with Gasteiger partial charge in [-0.15, -0.1) is 0 Å². The van der Waals surface area contributed by atoms with Crippen molar-refractivity contribution in [2.45, 2.75) is 33.2 Å². The lowest BCUT2D eigenvalue weighted by molar-refractivity contribution is 0.235. The molecular formula is C11H19N3O. The van der Waals surface area contributed by atoms with E-state index in [4.69, 9.17) is 5.11 Å². The summed E-state index contributed by atoms with van der Waals surface area (Å²) in [6, 6.07) is 0.194. The van der Waals surface area contributed by atoms with E-state index in [9.17, 15) is 0 Å². The Morgan fingerprint density at radius 2 is 2.13 bits per heavy atom. The zero-order valence-corrected chi connectivity index (χ0v) is 9.57. The molecule has 0 spiro atoms. The van der Waals surface area contributed by atoms with Crippen LogP contribution < -0.4 is 5.32 Å². The summed E-state index contributed by atoms with van der Waals surface area (Å²) in [5.41, 5.74) is 0.0836. The molecule has 15 heavy (non-hydrogen) atoms. The third-order valence-corrected chi connectivity index (χ3v) is 2.35. The highest BCUT2D eigenvalue weighted by Crippen LogP contribution is 2.24. The number of aliphatic hydroxyl groups excluding tert-OH is 1. The molecule has 4 heteroatoms. The van der Waals surface area contributed by atoms with E-state index in [1.807, 2.05) is 0 Å². The van der Waals surface area contributed by atoms with Crippen LogP contribution in [0.5, 0.6) is 0 Å². The highest BCUT2D eigenvalue weighted by atomic mass is 16.3. The van der Waals surface area contributed by atoms with Gasteiger partial charge in [0.15, 0.2) is 0 Å². The van der Waals surface area contributed by atoms with Crippen molar-refractivity contribution in [1.82, 2.24) is 9.97 Å². The van der Waals surface area contributed by atoms with Crippen LogP contribution in [0.2, 0.25) is 0 Å². The van der Waals surface area contributed by atoms with Crippen molar-refractivity contribution >= 4 is 5.82 Å². The van der Waals surface area contributed by atoms with Crippen molar-refractivity contribution in [2.24, 2.45) is 5.41 Å². The fourth-order valence-electron chi connectivity index (χ4n) is 1.40. The van der Waals surface area contributed by atoms with Crippen LogP contribution in [0.15, 0.2) is 18.6 Å². The Kier molecular flexibility index (Phi) is 4.03. The highest BCUT2D eigenvalue weighted by molar-refractivity contribution is 5.32. The smallest absolute Gasteiger partial charge is 0.144 e. The topological polar surface area (TPSA) is 58.0 Å². The molecule has 0 saturated carbocycles. The summed E-state index contributed by atoms with van der Waals surface area (Å²) in [5.74, 6) is 0.755. The Hall–Kier alpha value is -1.16. The van der Waals surface area contributed by atoms with Gasteiger partial charge >= 0.3 is 0 Å². The third-order valence-electron chi connectivity index (χ3n) is 2.35. The lowest BCUT2D eigenvalue weighted by Gasteiger charge is -2.31. The first kappa shape index (κ1) is 11.9. The van der Waals surface area contributed by atoms with Crippen LogP contribution >= 0.6 is 0 Å². The summed E-state index contributed by atoms with van der Waals surface area (Å²) in [5, 5.41) is 12.3. The highest BCUT2D eigenvalue weighted by Gasteiger charge is 2.24. The first-order valence-corrected chi connectivity index (χ1v) is 5.17. The van der Waals surface area contributed by atoms with E-state index in [1.54, 1.807) is 18.6 Å². The number of rotatable bonds is 4. The molecule has 1 atom stereocenters. The van der Waals surface area contributed by atoms with Crippen LogP contribution in [0.3, 0.4) is 0 Å². The average Bonchev–Trinajstić information content (AvgIpc) is 2.17. The van der Waals surface area contributed by atoms with Gasteiger partial charge in [-0.25, -0.2) is 4.98 Å². The van der Waals surface area contributed by atoms with E-state index in [0.717, 1.165) is 5.82 Å². The normalized spacial score (nSPS) is 13.6. The predicted octanol–water partition coefficient (Wildman–Crippen LogP) is 1.69. The molecule has 0 aromatic carbocycles. The minimum Gasteiger partial charge on any atom is -0.396 e. The Balaban J connectivity index is 2.67. The molecule has 1 rings (SSSR count). The molecule has 0 aliphatic rings. The summed E-state index contributed by atoms with van der Waals surface area (Å²) in [7, 11) is 0. The van der Waals surface area contributed by atoms with Crippen LogP contribution in [0.1, 0.15) is 27.2 Å².